The normalized spacial score (nSPS) is 19.3. The van der Waals surface area contributed by atoms with E-state index in [-0.39, 0.29) is 12.1 Å². The molecule has 8 heteroatoms. The summed E-state index contributed by atoms with van der Waals surface area (Å²) in [5.41, 5.74) is -0.903. The number of nitrogens with one attached hydrogen (secondary N) is 1. The Morgan fingerprint density at radius 2 is 1.88 bits per heavy atom. The maximum atomic E-state index is 13.7. The molecule has 0 bridgehead atoms. The third-order valence-electron chi connectivity index (χ3n) is 3.92. The summed E-state index contributed by atoms with van der Waals surface area (Å²) < 4.78 is 32.3. The van der Waals surface area contributed by atoms with Gasteiger partial charge in [0.15, 0.2) is 0 Å². The van der Waals surface area contributed by atoms with Crippen LogP contribution in [-0.4, -0.2) is 39.2 Å². The summed E-state index contributed by atoms with van der Waals surface area (Å²) in [5, 5.41) is 2.54. The molecule has 0 aromatic heterocycles. The van der Waals surface area contributed by atoms with Gasteiger partial charge in [-0.05, 0) is 46.8 Å². The summed E-state index contributed by atoms with van der Waals surface area (Å²) in [4.78, 5) is 26.5. The van der Waals surface area contributed by atoms with Gasteiger partial charge in [0.25, 0.3) is 0 Å². The number of thioether (sulfide) groups is 1. The molecule has 1 aliphatic heterocycles. The Morgan fingerprint density at radius 1 is 1.31 bits per heavy atom. The van der Waals surface area contributed by atoms with Crippen molar-refractivity contribution < 1.29 is 23.1 Å². The Balaban J connectivity index is 2.14. The van der Waals surface area contributed by atoms with E-state index in [1.807, 2.05) is 13.8 Å². The van der Waals surface area contributed by atoms with Crippen molar-refractivity contribution in [2.45, 2.75) is 57.6 Å². The number of carbonyl (C=O) groups excluding carboxylic acids is 2. The van der Waals surface area contributed by atoms with Crippen molar-refractivity contribution in [2.24, 2.45) is 0 Å². The van der Waals surface area contributed by atoms with Crippen LogP contribution in [0.15, 0.2) is 18.2 Å². The summed E-state index contributed by atoms with van der Waals surface area (Å²) in [6.45, 7) is 8.63. The van der Waals surface area contributed by atoms with Crippen LogP contribution in [0.1, 0.15) is 40.2 Å². The summed E-state index contributed by atoms with van der Waals surface area (Å²) in [7, 11) is 0. The van der Waals surface area contributed by atoms with E-state index < -0.39 is 40.0 Å². The summed E-state index contributed by atoms with van der Waals surface area (Å²) >= 11 is 1.44. The average Bonchev–Trinajstić information content (AvgIpc) is 2.80. The van der Waals surface area contributed by atoms with Gasteiger partial charge >= 0.3 is 6.09 Å². The number of carbonyl (C=O) groups is 2. The number of rotatable bonds is 3. The van der Waals surface area contributed by atoms with Gasteiger partial charge in [-0.2, -0.15) is 0 Å². The van der Waals surface area contributed by atoms with Gasteiger partial charge in [0.2, 0.25) is 5.91 Å². The van der Waals surface area contributed by atoms with E-state index in [0.29, 0.717) is 5.88 Å². The van der Waals surface area contributed by atoms with Crippen LogP contribution in [0.3, 0.4) is 0 Å². The van der Waals surface area contributed by atoms with Gasteiger partial charge in [-0.15, -0.1) is 11.8 Å². The number of amides is 2. The second kappa shape index (κ2) is 7.42. The molecular formula is C18H24F2N2O3S. The van der Waals surface area contributed by atoms with Gasteiger partial charge in [-0.1, -0.05) is 6.07 Å². The lowest BCUT2D eigenvalue weighted by Gasteiger charge is -2.31. The average molecular weight is 386 g/mol. The number of nitrogens with zero attached hydrogens (tertiary/aromatic N) is 1. The van der Waals surface area contributed by atoms with Crippen LogP contribution < -0.4 is 5.32 Å². The van der Waals surface area contributed by atoms with Gasteiger partial charge in [0.1, 0.15) is 23.3 Å². The highest BCUT2D eigenvalue weighted by atomic mass is 32.2. The zero-order valence-corrected chi connectivity index (χ0v) is 16.4. The van der Waals surface area contributed by atoms with Crippen LogP contribution >= 0.6 is 11.8 Å². The van der Waals surface area contributed by atoms with Crippen molar-refractivity contribution in [3.8, 4) is 0 Å². The topological polar surface area (TPSA) is 58.6 Å². The lowest BCUT2D eigenvalue weighted by atomic mass is 10.0. The van der Waals surface area contributed by atoms with Gasteiger partial charge < -0.3 is 10.1 Å². The van der Waals surface area contributed by atoms with Crippen molar-refractivity contribution in [2.75, 3.05) is 5.88 Å². The largest absolute Gasteiger partial charge is 0.444 e. The number of ether oxygens (including phenoxy) is 1. The first-order chi connectivity index (χ1) is 11.9. The van der Waals surface area contributed by atoms with Crippen LogP contribution in [0.25, 0.3) is 0 Å². The van der Waals surface area contributed by atoms with E-state index in [1.165, 1.54) is 22.7 Å². The highest BCUT2D eigenvalue weighted by Gasteiger charge is 2.49. The van der Waals surface area contributed by atoms with Crippen molar-refractivity contribution in [1.82, 2.24) is 10.2 Å². The molecule has 2 amide bonds. The number of halogens is 2. The first-order valence-electron chi connectivity index (χ1n) is 8.26. The second-order valence-corrected chi connectivity index (χ2v) is 9.25. The van der Waals surface area contributed by atoms with Gasteiger partial charge in [0, 0.05) is 16.9 Å². The summed E-state index contributed by atoms with van der Waals surface area (Å²) in [5.74, 6) is -1.63. The van der Waals surface area contributed by atoms with Crippen LogP contribution in [0.5, 0.6) is 0 Å². The van der Waals surface area contributed by atoms with E-state index in [4.69, 9.17) is 4.74 Å². The van der Waals surface area contributed by atoms with Crippen LogP contribution in [0, 0.1) is 11.6 Å². The third kappa shape index (κ3) is 4.66. The molecule has 5 nitrogen and oxygen atoms in total. The molecule has 1 aromatic rings. The maximum Gasteiger partial charge on any atom is 0.411 e. The predicted octanol–water partition coefficient (Wildman–Crippen LogP) is 3.67. The zero-order chi connectivity index (χ0) is 19.7. The molecule has 1 fully saturated rings. The molecule has 0 radical (unpaired) electrons. The fourth-order valence-corrected chi connectivity index (χ4v) is 3.79. The van der Waals surface area contributed by atoms with Crippen LogP contribution in [0.4, 0.5) is 13.6 Å². The second-order valence-electron chi connectivity index (χ2n) is 7.65. The minimum absolute atomic E-state index is 0.215. The van der Waals surface area contributed by atoms with E-state index in [0.717, 1.165) is 12.1 Å². The highest BCUT2D eigenvalue weighted by Crippen LogP contribution is 2.40. The van der Waals surface area contributed by atoms with Crippen molar-refractivity contribution >= 4 is 23.8 Å². The first-order valence-corrected chi connectivity index (χ1v) is 9.25. The minimum Gasteiger partial charge on any atom is -0.444 e. The number of hydrogen-bond acceptors (Lipinski definition) is 4. The quantitative estimate of drug-likeness (QED) is 0.861. The maximum absolute atomic E-state index is 13.7. The molecule has 0 saturated carbocycles. The molecule has 1 aromatic carbocycles. The third-order valence-corrected chi connectivity index (χ3v) is 5.30. The standard InChI is InChI=1S/C18H24F2N2O3S/c1-17(2,3)25-16(24)22-10-26-18(4,5)14(22)15(23)21-9-11-12(19)7-6-8-13(11)20/h6-8,14H,9-10H2,1-5H3,(H,21,23)/t14-/m1/s1. The van der Waals surface area contributed by atoms with Crippen molar-refractivity contribution in [1.29, 1.82) is 0 Å². The molecule has 1 N–H and O–H groups in total. The van der Waals surface area contributed by atoms with Gasteiger partial charge in [0.05, 0.1) is 5.88 Å². The predicted molar refractivity (Wildman–Crippen MR) is 96.6 cm³/mol. The van der Waals surface area contributed by atoms with Crippen molar-refractivity contribution in [3.05, 3.63) is 35.4 Å². The summed E-state index contributed by atoms with van der Waals surface area (Å²) in [6, 6.07) is 2.72. The molecule has 0 spiro atoms. The molecular weight excluding hydrogens is 362 g/mol. The van der Waals surface area contributed by atoms with E-state index in [2.05, 4.69) is 5.32 Å². The molecule has 144 valence electrons. The van der Waals surface area contributed by atoms with Gasteiger partial charge in [-0.25, -0.2) is 13.6 Å². The fourth-order valence-electron chi connectivity index (χ4n) is 2.67. The van der Waals surface area contributed by atoms with Crippen LogP contribution in [-0.2, 0) is 16.1 Å². The Hall–Kier alpha value is -1.83. The number of hydrogen-bond donors (Lipinski definition) is 1. The Labute approximate surface area is 156 Å². The molecule has 0 aliphatic carbocycles. The Morgan fingerprint density at radius 3 is 2.42 bits per heavy atom. The van der Waals surface area contributed by atoms with Crippen molar-refractivity contribution in [3.63, 3.8) is 0 Å². The zero-order valence-electron chi connectivity index (χ0n) is 15.6. The SMILES string of the molecule is CC(C)(C)OC(=O)N1CSC(C)(C)[C@H]1C(=O)NCc1c(F)cccc1F. The smallest absolute Gasteiger partial charge is 0.411 e. The van der Waals surface area contributed by atoms with E-state index in [1.54, 1.807) is 20.8 Å². The van der Waals surface area contributed by atoms with E-state index >= 15 is 0 Å². The van der Waals surface area contributed by atoms with Gasteiger partial charge in [-0.3, -0.25) is 9.69 Å². The lowest BCUT2D eigenvalue weighted by Crippen LogP contribution is -2.54. The molecule has 1 saturated heterocycles. The Kier molecular flexibility index (Phi) is 5.85. The highest BCUT2D eigenvalue weighted by molar-refractivity contribution is 8.00. The molecule has 26 heavy (non-hydrogen) atoms. The fraction of sp³-hybridized carbons (Fsp3) is 0.556. The molecule has 1 heterocycles. The summed E-state index contributed by atoms with van der Waals surface area (Å²) in [6.07, 6.45) is -0.590. The minimum atomic E-state index is -0.808. The van der Waals surface area contributed by atoms with E-state index in [9.17, 15) is 18.4 Å². The molecule has 1 aliphatic rings. The Bertz CT molecular complexity index is 684. The lowest BCUT2D eigenvalue weighted by molar-refractivity contribution is -0.126. The molecule has 0 unspecified atom stereocenters. The monoisotopic (exact) mass is 386 g/mol. The molecule has 1 atom stereocenters. The first kappa shape index (κ1) is 20.5. The number of benzene rings is 1. The van der Waals surface area contributed by atoms with Crippen LogP contribution in [0.2, 0.25) is 0 Å². The molecule has 2 rings (SSSR count).